The van der Waals surface area contributed by atoms with E-state index in [4.69, 9.17) is 11.6 Å². The van der Waals surface area contributed by atoms with E-state index in [9.17, 15) is 4.79 Å². The van der Waals surface area contributed by atoms with Crippen molar-refractivity contribution in [3.8, 4) is 0 Å². The lowest BCUT2D eigenvalue weighted by Gasteiger charge is -2.31. The first-order valence-corrected chi connectivity index (χ1v) is 6.94. The third kappa shape index (κ3) is 4.20. The van der Waals surface area contributed by atoms with Crippen LogP contribution in [0.3, 0.4) is 0 Å². The summed E-state index contributed by atoms with van der Waals surface area (Å²) in [6.45, 7) is 7.24. The molecule has 0 aliphatic carbocycles. The van der Waals surface area contributed by atoms with Crippen molar-refractivity contribution in [2.75, 3.05) is 31.5 Å². The van der Waals surface area contributed by atoms with Gasteiger partial charge in [-0.15, -0.1) is 0 Å². The zero-order chi connectivity index (χ0) is 13.8. The Morgan fingerprint density at radius 3 is 3.05 bits per heavy atom. The molecule has 1 atom stereocenters. The summed E-state index contributed by atoms with van der Waals surface area (Å²) in [4.78, 5) is 14.1. The van der Waals surface area contributed by atoms with Crippen molar-refractivity contribution in [1.82, 2.24) is 10.2 Å². The van der Waals surface area contributed by atoms with Crippen molar-refractivity contribution in [2.24, 2.45) is 0 Å². The molecule has 1 aromatic rings. The Labute approximate surface area is 119 Å². The summed E-state index contributed by atoms with van der Waals surface area (Å²) in [5.74, 6) is -0.0140. The molecular formula is C14H20ClN3O. The van der Waals surface area contributed by atoms with Crippen LogP contribution in [-0.4, -0.2) is 43.0 Å². The fourth-order valence-electron chi connectivity index (χ4n) is 2.27. The quantitative estimate of drug-likeness (QED) is 0.889. The van der Waals surface area contributed by atoms with Gasteiger partial charge in [-0.2, -0.15) is 0 Å². The Kier molecular flexibility index (Phi) is 4.80. The first-order valence-electron chi connectivity index (χ1n) is 6.56. The van der Waals surface area contributed by atoms with Gasteiger partial charge >= 0.3 is 0 Å². The number of piperazine rings is 1. The molecule has 19 heavy (non-hydrogen) atoms. The molecule has 4 nitrogen and oxygen atoms in total. The lowest BCUT2D eigenvalue weighted by Crippen LogP contribution is -2.51. The highest BCUT2D eigenvalue weighted by atomic mass is 35.5. The normalized spacial score (nSPS) is 20.3. The molecule has 0 radical (unpaired) electrons. The maximum Gasteiger partial charge on any atom is 0.238 e. The number of rotatable bonds is 3. The Morgan fingerprint density at radius 1 is 1.58 bits per heavy atom. The number of carbonyl (C=O) groups is 1. The van der Waals surface area contributed by atoms with E-state index in [2.05, 4.69) is 22.5 Å². The number of amides is 1. The molecule has 1 heterocycles. The van der Waals surface area contributed by atoms with E-state index in [1.54, 1.807) is 0 Å². The Bertz CT molecular complexity index is 464. The van der Waals surface area contributed by atoms with E-state index in [-0.39, 0.29) is 5.91 Å². The van der Waals surface area contributed by atoms with Gasteiger partial charge in [-0.3, -0.25) is 9.69 Å². The number of carbonyl (C=O) groups excluding carboxylic acids is 1. The van der Waals surface area contributed by atoms with Crippen LogP contribution >= 0.6 is 11.6 Å². The number of aryl methyl sites for hydroxylation is 1. The van der Waals surface area contributed by atoms with Crippen LogP contribution in [0, 0.1) is 6.92 Å². The second kappa shape index (κ2) is 6.37. The van der Waals surface area contributed by atoms with E-state index in [0.29, 0.717) is 23.3 Å². The molecule has 1 fully saturated rings. The zero-order valence-electron chi connectivity index (χ0n) is 11.4. The molecule has 1 amide bonds. The van der Waals surface area contributed by atoms with Gasteiger partial charge in [0.1, 0.15) is 0 Å². The Hall–Kier alpha value is -1.10. The van der Waals surface area contributed by atoms with Crippen LogP contribution in [0.15, 0.2) is 18.2 Å². The lowest BCUT2D eigenvalue weighted by molar-refractivity contribution is -0.117. The Balaban J connectivity index is 1.90. The first kappa shape index (κ1) is 14.3. The topological polar surface area (TPSA) is 44.4 Å². The third-order valence-corrected chi connectivity index (χ3v) is 3.53. The van der Waals surface area contributed by atoms with Crippen molar-refractivity contribution in [2.45, 2.75) is 19.9 Å². The van der Waals surface area contributed by atoms with Crippen LogP contribution < -0.4 is 10.6 Å². The maximum absolute atomic E-state index is 12.0. The molecular weight excluding hydrogens is 262 g/mol. The third-order valence-electron chi connectivity index (χ3n) is 3.22. The highest BCUT2D eigenvalue weighted by Gasteiger charge is 2.18. The number of hydrogen-bond acceptors (Lipinski definition) is 3. The van der Waals surface area contributed by atoms with Crippen molar-refractivity contribution >= 4 is 23.2 Å². The van der Waals surface area contributed by atoms with Crippen molar-refractivity contribution < 1.29 is 4.79 Å². The first-order chi connectivity index (χ1) is 9.04. The van der Waals surface area contributed by atoms with Crippen LogP contribution in [-0.2, 0) is 4.79 Å². The van der Waals surface area contributed by atoms with Crippen LogP contribution in [0.25, 0.3) is 0 Å². The highest BCUT2D eigenvalue weighted by molar-refractivity contribution is 6.33. The molecule has 1 unspecified atom stereocenters. The molecule has 2 N–H and O–H groups in total. The zero-order valence-corrected chi connectivity index (χ0v) is 12.1. The number of nitrogens with zero attached hydrogens (tertiary/aromatic N) is 1. The van der Waals surface area contributed by atoms with E-state index in [0.717, 1.165) is 25.2 Å². The van der Waals surface area contributed by atoms with Crippen molar-refractivity contribution in [3.63, 3.8) is 0 Å². The standard InChI is InChI=1S/C14H20ClN3O/c1-10-3-4-13(12(15)7-10)17-14(19)9-18-6-5-16-11(2)8-18/h3-4,7,11,16H,5-6,8-9H2,1-2H3,(H,17,19). The monoisotopic (exact) mass is 281 g/mol. The fraction of sp³-hybridized carbons (Fsp3) is 0.500. The summed E-state index contributed by atoms with van der Waals surface area (Å²) < 4.78 is 0. The van der Waals surface area contributed by atoms with E-state index < -0.39 is 0 Å². The van der Waals surface area contributed by atoms with Gasteiger partial charge in [-0.05, 0) is 31.5 Å². The summed E-state index contributed by atoms with van der Waals surface area (Å²) in [6, 6.07) is 6.07. The smallest absolute Gasteiger partial charge is 0.238 e. The Morgan fingerprint density at radius 2 is 2.37 bits per heavy atom. The number of halogens is 1. The molecule has 104 valence electrons. The number of benzene rings is 1. The summed E-state index contributed by atoms with van der Waals surface area (Å²) in [5, 5.41) is 6.81. The fourth-order valence-corrected chi connectivity index (χ4v) is 2.55. The maximum atomic E-state index is 12.0. The summed E-state index contributed by atoms with van der Waals surface area (Å²) >= 11 is 6.10. The molecule has 2 rings (SSSR count). The van der Waals surface area contributed by atoms with Crippen LogP contribution in [0.5, 0.6) is 0 Å². The lowest BCUT2D eigenvalue weighted by atomic mass is 10.2. The number of hydrogen-bond donors (Lipinski definition) is 2. The minimum atomic E-state index is -0.0140. The molecule has 1 aliphatic heterocycles. The van der Waals surface area contributed by atoms with E-state index >= 15 is 0 Å². The van der Waals surface area contributed by atoms with Crippen molar-refractivity contribution in [1.29, 1.82) is 0 Å². The van der Waals surface area contributed by atoms with Crippen molar-refractivity contribution in [3.05, 3.63) is 28.8 Å². The molecule has 0 saturated carbocycles. The van der Waals surface area contributed by atoms with Gasteiger partial charge in [-0.25, -0.2) is 0 Å². The molecule has 1 aliphatic rings. The average Bonchev–Trinajstić information content (AvgIpc) is 2.33. The molecule has 1 aromatic carbocycles. The molecule has 0 aromatic heterocycles. The number of anilines is 1. The van der Waals surface area contributed by atoms with Crippen LogP contribution in [0.4, 0.5) is 5.69 Å². The van der Waals surface area contributed by atoms with Crippen LogP contribution in [0.2, 0.25) is 5.02 Å². The second-order valence-corrected chi connectivity index (χ2v) is 5.53. The van der Waals surface area contributed by atoms with E-state index in [1.807, 2.05) is 25.1 Å². The molecule has 0 spiro atoms. The summed E-state index contributed by atoms with van der Waals surface area (Å²) in [6.07, 6.45) is 0. The van der Waals surface area contributed by atoms with Gasteiger partial charge in [0.15, 0.2) is 0 Å². The van der Waals surface area contributed by atoms with E-state index in [1.165, 1.54) is 0 Å². The van der Waals surface area contributed by atoms with Gasteiger partial charge in [0, 0.05) is 25.7 Å². The molecule has 1 saturated heterocycles. The summed E-state index contributed by atoms with van der Waals surface area (Å²) in [7, 11) is 0. The van der Waals surface area contributed by atoms with Gasteiger partial charge in [0.2, 0.25) is 5.91 Å². The van der Waals surface area contributed by atoms with Gasteiger partial charge < -0.3 is 10.6 Å². The predicted octanol–water partition coefficient (Wildman–Crippen LogP) is 1.88. The minimum absolute atomic E-state index is 0.0140. The number of nitrogens with one attached hydrogen (secondary N) is 2. The highest BCUT2D eigenvalue weighted by Crippen LogP contribution is 2.22. The average molecular weight is 282 g/mol. The van der Waals surface area contributed by atoms with Gasteiger partial charge in [0.25, 0.3) is 0 Å². The van der Waals surface area contributed by atoms with Gasteiger partial charge in [0.05, 0.1) is 17.3 Å². The SMILES string of the molecule is Cc1ccc(NC(=O)CN2CCNC(C)C2)c(Cl)c1. The predicted molar refractivity (Wildman–Crippen MR) is 78.7 cm³/mol. The molecule has 5 heteroatoms. The second-order valence-electron chi connectivity index (χ2n) is 5.12. The largest absolute Gasteiger partial charge is 0.324 e. The molecule has 0 bridgehead atoms. The van der Waals surface area contributed by atoms with Gasteiger partial charge in [-0.1, -0.05) is 17.7 Å². The summed E-state index contributed by atoms with van der Waals surface area (Å²) in [5.41, 5.74) is 1.76. The minimum Gasteiger partial charge on any atom is -0.324 e. The van der Waals surface area contributed by atoms with Crippen LogP contribution in [0.1, 0.15) is 12.5 Å².